The Morgan fingerprint density at radius 1 is 1.25 bits per heavy atom. The van der Waals surface area contributed by atoms with Crippen LogP contribution in [0.25, 0.3) is 0 Å². The van der Waals surface area contributed by atoms with E-state index in [0.717, 1.165) is 52.2 Å². The Balaban J connectivity index is 1.66. The molecule has 1 unspecified atom stereocenters. The van der Waals surface area contributed by atoms with E-state index in [2.05, 4.69) is 45.9 Å². The predicted molar refractivity (Wildman–Crippen MR) is 84.7 cm³/mol. The van der Waals surface area contributed by atoms with Gasteiger partial charge in [-0.3, -0.25) is 4.90 Å². The molecule has 1 aliphatic rings. The summed E-state index contributed by atoms with van der Waals surface area (Å²) in [5.74, 6) is 0. The summed E-state index contributed by atoms with van der Waals surface area (Å²) < 4.78 is 0. The molecule has 1 aromatic rings. The maximum absolute atomic E-state index is 5.50. The molecule has 2 rings (SSSR count). The molecular weight excluding hydrogens is 248 g/mol. The Labute approximate surface area is 122 Å². The average molecular weight is 276 g/mol. The van der Waals surface area contributed by atoms with Crippen molar-refractivity contribution in [2.75, 3.05) is 39.3 Å². The van der Waals surface area contributed by atoms with Crippen molar-refractivity contribution in [3.63, 3.8) is 0 Å². The fourth-order valence-corrected chi connectivity index (χ4v) is 2.69. The van der Waals surface area contributed by atoms with Gasteiger partial charge in [0, 0.05) is 38.8 Å². The SMILES string of the molecule is NCCCCNCC1CN(Cc2ccccc2)CCN1. The van der Waals surface area contributed by atoms with E-state index in [-0.39, 0.29) is 0 Å². The number of nitrogens with zero attached hydrogens (tertiary/aromatic N) is 1. The molecule has 0 spiro atoms. The number of piperazine rings is 1. The minimum atomic E-state index is 0.560. The summed E-state index contributed by atoms with van der Waals surface area (Å²) in [5, 5.41) is 7.13. The van der Waals surface area contributed by atoms with Crippen molar-refractivity contribution in [3.8, 4) is 0 Å². The van der Waals surface area contributed by atoms with Gasteiger partial charge >= 0.3 is 0 Å². The van der Waals surface area contributed by atoms with Crippen molar-refractivity contribution in [2.24, 2.45) is 5.73 Å². The van der Waals surface area contributed by atoms with Gasteiger partial charge in [0.15, 0.2) is 0 Å². The number of benzene rings is 1. The number of hydrogen-bond donors (Lipinski definition) is 3. The summed E-state index contributed by atoms with van der Waals surface area (Å²) in [6, 6.07) is 11.3. The zero-order valence-corrected chi connectivity index (χ0v) is 12.4. The van der Waals surface area contributed by atoms with Crippen LogP contribution in [-0.4, -0.2) is 50.2 Å². The second kappa shape index (κ2) is 9.08. The molecule has 0 bridgehead atoms. The van der Waals surface area contributed by atoms with Crippen LogP contribution < -0.4 is 16.4 Å². The van der Waals surface area contributed by atoms with Crippen LogP contribution in [-0.2, 0) is 6.54 Å². The Morgan fingerprint density at radius 3 is 2.90 bits per heavy atom. The summed E-state index contributed by atoms with van der Waals surface area (Å²) in [5.41, 5.74) is 6.90. The molecule has 20 heavy (non-hydrogen) atoms. The van der Waals surface area contributed by atoms with Crippen molar-refractivity contribution >= 4 is 0 Å². The van der Waals surface area contributed by atoms with E-state index in [4.69, 9.17) is 5.73 Å². The van der Waals surface area contributed by atoms with E-state index in [1.54, 1.807) is 0 Å². The number of hydrogen-bond acceptors (Lipinski definition) is 4. The van der Waals surface area contributed by atoms with Gasteiger partial charge in [-0.05, 0) is 31.5 Å². The standard InChI is InChI=1S/C16H28N4/c17-8-4-5-9-18-12-16-14-20(11-10-19-16)13-15-6-2-1-3-7-15/h1-3,6-7,16,18-19H,4-5,8-14,17H2. The van der Waals surface area contributed by atoms with Crippen molar-refractivity contribution in [2.45, 2.75) is 25.4 Å². The summed E-state index contributed by atoms with van der Waals surface area (Å²) in [6.45, 7) is 7.34. The first-order valence-electron chi connectivity index (χ1n) is 7.79. The fourth-order valence-electron chi connectivity index (χ4n) is 2.69. The molecule has 0 saturated carbocycles. The number of rotatable bonds is 8. The van der Waals surface area contributed by atoms with Crippen molar-refractivity contribution < 1.29 is 0 Å². The van der Waals surface area contributed by atoms with Crippen molar-refractivity contribution in [3.05, 3.63) is 35.9 Å². The van der Waals surface area contributed by atoms with Gasteiger partial charge in [-0.15, -0.1) is 0 Å². The molecule has 0 amide bonds. The molecule has 1 fully saturated rings. The highest BCUT2D eigenvalue weighted by Crippen LogP contribution is 2.07. The summed E-state index contributed by atoms with van der Waals surface area (Å²) >= 11 is 0. The molecule has 0 radical (unpaired) electrons. The Morgan fingerprint density at radius 2 is 2.10 bits per heavy atom. The third-order valence-electron chi connectivity index (χ3n) is 3.79. The summed E-state index contributed by atoms with van der Waals surface area (Å²) in [4.78, 5) is 2.54. The third-order valence-corrected chi connectivity index (χ3v) is 3.79. The molecule has 1 saturated heterocycles. The largest absolute Gasteiger partial charge is 0.330 e. The van der Waals surface area contributed by atoms with E-state index in [9.17, 15) is 0 Å². The highest BCUT2D eigenvalue weighted by Gasteiger charge is 2.18. The second-order valence-corrected chi connectivity index (χ2v) is 5.57. The third kappa shape index (κ3) is 5.59. The average Bonchev–Trinajstić information content (AvgIpc) is 2.48. The van der Waals surface area contributed by atoms with Crippen LogP contribution in [0.2, 0.25) is 0 Å². The quantitative estimate of drug-likeness (QED) is 0.615. The molecule has 1 aromatic carbocycles. The molecular formula is C16H28N4. The van der Waals surface area contributed by atoms with Gasteiger partial charge in [0.1, 0.15) is 0 Å². The van der Waals surface area contributed by atoms with Gasteiger partial charge in [0.05, 0.1) is 0 Å². The van der Waals surface area contributed by atoms with Crippen LogP contribution in [0.3, 0.4) is 0 Å². The van der Waals surface area contributed by atoms with Crippen LogP contribution in [0.1, 0.15) is 18.4 Å². The highest BCUT2D eigenvalue weighted by atomic mass is 15.2. The summed E-state index contributed by atoms with van der Waals surface area (Å²) in [6.07, 6.45) is 2.29. The zero-order chi connectivity index (χ0) is 14.0. The minimum absolute atomic E-state index is 0.560. The van der Waals surface area contributed by atoms with E-state index in [1.807, 2.05) is 0 Å². The first-order valence-corrected chi connectivity index (χ1v) is 7.79. The summed E-state index contributed by atoms with van der Waals surface area (Å²) in [7, 11) is 0. The van der Waals surface area contributed by atoms with Crippen molar-refractivity contribution in [1.29, 1.82) is 0 Å². The predicted octanol–water partition coefficient (Wildman–Crippen LogP) is 0.789. The lowest BCUT2D eigenvalue weighted by Crippen LogP contribution is -2.54. The number of unbranched alkanes of at least 4 members (excludes halogenated alkanes) is 1. The van der Waals surface area contributed by atoms with Crippen LogP contribution in [0.5, 0.6) is 0 Å². The van der Waals surface area contributed by atoms with Gasteiger partial charge < -0.3 is 16.4 Å². The van der Waals surface area contributed by atoms with E-state index in [1.165, 1.54) is 12.0 Å². The molecule has 0 aliphatic carbocycles. The van der Waals surface area contributed by atoms with Crippen LogP contribution >= 0.6 is 0 Å². The number of nitrogens with two attached hydrogens (primary N) is 1. The molecule has 1 heterocycles. The van der Waals surface area contributed by atoms with Gasteiger partial charge in [-0.2, -0.15) is 0 Å². The van der Waals surface area contributed by atoms with Crippen LogP contribution in [0.4, 0.5) is 0 Å². The van der Waals surface area contributed by atoms with Gasteiger partial charge in [-0.1, -0.05) is 30.3 Å². The monoisotopic (exact) mass is 276 g/mol. The van der Waals surface area contributed by atoms with E-state index in [0.29, 0.717) is 6.04 Å². The van der Waals surface area contributed by atoms with Gasteiger partial charge in [-0.25, -0.2) is 0 Å². The molecule has 1 atom stereocenters. The van der Waals surface area contributed by atoms with E-state index >= 15 is 0 Å². The molecule has 4 nitrogen and oxygen atoms in total. The molecule has 1 aliphatic heterocycles. The Hall–Kier alpha value is -0.940. The zero-order valence-electron chi connectivity index (χ0n) is 12.4. The molecule has 0 aromatic heterocycles. The Kier molecular flexibility index (Phi) is 7.01. The number of nitrogens with one attached hydrogen (secondary N) is 2. The lowest BCUT2D eigenvalue weighted by Gasteiger charge is -2.34. The molecule has 4 heteroatoms. The first kappa shape index (κ1) is 15.4. The molecule has 112 valence electrons. The maximum Gasteiger partial charge on any atom is 0.0320 e. The van der Waals surface area contributed by atoms with Crippen molar-refractivity contribution in [1.82, 2.24) is 15.5 Å². The highest BCUT2D eigenvalue weighted by molar-refractivity contribution is 5.14. The normalized spacial score (nSPS) is 20.1. The lowest BCUT2D eigenvalue weighted by atomic mass is 10.1. The fraction of sp³-hybridized carbons (Fsp3) is 0.625. The minimum Gasteiger partial charge on any atom is -0.330 e. The smallest absolute Gasteiger partial charge is 0.0320 e. The van der Waals surface area contributed by atoms with Crippen LogP contribution in [0.15, 0.2) is 30.3 Å². The van der Waals surface area contributed by atoms with E-state index < -0.39 is 0 Å². The topological polar surface area (TPSA) is 53.3 Å². The lowest BCUT2D eigenvalue weighted by molar-refractivity contribution is 0.190. The molecule has 4 N–H and O–H groups in total. The maximum atomic E-state index is 5.50. The van der Waals surface area contributed by atoms with Gasteiger partial charge in [0.25, 0.3) is 0 Å². The van der Waals surface area contributed by atoms with Crippen LogP contribution in [0, 0.1) is 0 Å². The Bertz CT molecular complexity index is 355. The second-order valence-electron chi connectivity index (χ2n) is 5.57. The van der Waals surface area contributed by atoms with Gasteiger partial charge in [0.2, 0.25) is 0 Å². The first-order chi connectivity index (χ1) is 9.88.